The fourth-order valence-electron chi connectivity index (χ4n) is 1.31. The van der Waals surface area contributed by atoms with Crippen LogP contribution in [-0.4, -0.2) is 23.9 Å². The molecule has 15 heavy (non-hydrogen) atoms. The Morgan fingerprint density at radius 1 is 1.53 bits per heavy atom. The van der Waals surface area contributed by atoms with Crippen molar-refractivity contribution in [1.29, 1.82) is 0 Å². The molecule has 0 aliphatic rings. The van der Waals surface area contributed by atoms with Crippen LogP contribution in [0.25, 0.3) is 0 Å². The molecule has 0 heterocycles. The molecule has 5 heteroatoms. The van der Waals surface area contributed by atoms with Gasteiger partial charge < -0.3 is 20.7 Å². The highest BCUT2D eigenvalue weighted by Crippen LogP contribution is 2.38. The van der Waals surface area contributed by atoms with Crippen molar-refractivity contribution in [3.8, 4) is 11.5 Å². The zero-order chi connectivity index (χ0) is 11.4. The quantitative estimate of drug-likeness (QED) is 0.779. The molecular weight excluding hydrogens is 262 g/mol. The van der Waals surface area contributed by atoms with Gasteiger partial charge in [0, 0.05) is 12.6 Å². The maximum absolute atomic E-state index is 9.71. The lowest BCUT2D eigenvalue weighted by Gasteiger charge is -2.15. The smallest absolute Gasteiger partial charge is 0.172 e. The zero-order valence-electron chi connectivity index (χ0n) is 8.40. The van der Waals surface area contributed by atoms with Crippen molar-refractivity contribution < 1.29 is 14.9 Å². The van der Waals surface area contributed by atoms with Crippen LogP contribution in [0.4, 0.5) is 0 Å². The summed E-state index contributed by atoms with van der Waals surface area (Å²) in [4.78, 5) is 0. The van der Waals surface area contributed by atoms with Gasteiger partial charge in [0.2, 0.25) is 0 Å². The first-order chi connectivity index (χ1) is 7.11. The van der Waals surface area contributed by atoms with Crippen molar-refractivity contribution in [2.24, 2.45) is 5.73 Å². The molecule has 1 aromatic rings. The van der Waals surface area contributed by atoms with Gasteiger partial charge in [-0.1, -0.05) is 6.07 Å². The highest BCUT2D eigenvalue weighted by Gasteiger charge is 2.15. The molecule has 0 fully saturated rings. The number of rotatable bonds is 4. The second-order valence-electron chi connectivity index (χ2n) is 3.14. The third kappa shape index (κ3) is 2.62. The number of aromatic hydroxyl groups is 1. The van der Waals surface area contributed by atoms with Gasteiger partial charge in [0.25, 0.3) is 0 Å². The largest absolute Gasteiger partial charge is 0.503 e. The number of aliphatic hydroxyl groups is 1. The summed E-state index contributed by atoms with van der Waals surface area (Å²) in [6, 6.07) is 3.11. The number of nitrogens with two attached hydrogens (primary N) is 1. The molecule has 0 amide bonds. The van der Waals surface area contributed by atoms with E-state index >= 15 is 0 Å². The Labute approximate surface area is 96.8 Å². The predicted molar refractivity (Wildman–Crippen MR) is 61.0 cm³/mol. The highest BCUT2D eigenvalue weighted by molar-refractivity contribution is 9.10. The number of aliphatic hydroxyl groups excluding tert-OH is 1. The van der Waals surface area contributed by atoms with Gasteiger partial charge in [-0.15, -0.1) is 0 Å². The van der Waals surface area contributed by atoms with E-state index in [2.05, 4.69) is 15.9 Å². The number of phenolic OH excluding ortho intramolecular Hbond substituents is 1. The monoisotopic (exact) mass is 275 g/mol. The van der Waals surface area contributed by atoms with Gasteiger partial charge in [0.05, 0.1) is 11.6 Å². The number of benzene rings is 1. The maximum atomic E-state index is 9.71. The Balaban J connectivity index is 3.06. The van der Waals surface area contributed by atoms with E-state index in [9.17, 15) is 5.11 Å². The number of ether oxygens (including phenoxy) is 1. The van der Waals surface area contributed by atoms with Crippen LogP contribution in [0.2, 0.25) is 0 Å². The molecule has 0 saturated heterocycles. The minimum atomic E-state index is -0.304. The number of hydrogen-bond acceptors (Lipinski definition) is 4. The molecule has 4 N–H and O–H groups in total. The summed E-state index contributed by atoms with van der Waals surface area (Å²) in [5.74, 6) is 0.421. The van der Waals surface area contributed by atoms with Crippen molar-refractivity contribution >= 4 is 15.9 Å². The first-order valence-electron chi connectivity index (χ1n) is 4.53. The Morgan fingerprint density at radius 2 is 2.20 bits per heavy atom. The molecule has 84 valence electrons. The Kier molecular flexibility index (Phi) is 4.38. The van der Waals surface area contributed by atoms with Gasteiger partial charge in [-0.2, -0.15) is 0 Å². The number of phenols is 1. The van der Waals surface area contributed by atoms with E-state index in [4.69, 9.17) is 15.6 Å². The Bertz CT molecular complexity index is 344. The Hall–Kier alpha value is -0.780. The van der Waals surface area contributed by atoms with Crippen LogP contribution in [0.15, 0.2) is 16.6 Å². The van der Waals surface area contributed by atoms with Gasteiger partial charge in [-0.25, -0.2) is 0 Å². The van der Waals surface area contributed by atoms with Crippen LogP contribution < -0.4 is 10.5 Å². The maximum Gasteiger partial charge on any atom is 0.172 e. The van der Waals surface area contributed by atoms with Crippen LogP contribution in [0.3, 0.4) is 0 Å². The minimum Gasteiger partial charge on any atom is -0.503 e. The summed E-state index contributed by atoms with van der Waals surface area (Å²) < 4.78 is 5.47. The lowest BCUT2D eigenvalue weighted by atomic mass is 10.0. The molecule has 0 aliphatic carbocycles. The zero-order valence-corrected chi connectivity index (χ0v) is 9.99. The summed E-state index contributed by atoms with van der Waals surface area (Å²) >= 11 is 3.25. The molecular formula is C10H14BrNO3. The lowest BCUT2D eigenvalue weighted by Crippen LogP contribution is -2.12. The van der Waals surface area contributed by atoms with Gasteiger partial charge in [-0.3, -0.25) is 0 Å². The van der Waals surface area contributed by atoms with Crippen LogP contribution >= 0.6 is 15.9 Å². The van der Waals surface area contributed by atoms with Crippen LogP contribution in [-0.2, 0) is 0 Å². The van der Waals surface area contributed by atoms with E-state index in [1.54, 1.807) is 12.1 Å². The minimum absolute atomic E-state index is 0.0143. The number of hydrogen-bond donors (Lipinski definition) is 3. The molecule has 1 rings (SSSR count). The van der Waals surface area contributed by atoms with Gasteiger partial charge >= 0.3 is 0 Å². The summed E-state index contributed by atoms with van der Waals surface area (Å²) in [5, 5.41) is 18.5. The van der Waals surface area contributed by atoms with Crippen LogP contribution in [0, 0.1) is 0 Å². The van der Waals surface area contributed by atoms with E-state index in [0.29, 0.717) is 16.6 Å². The number of halogens is 1. The Morgan fingerprint density at radius 3 is 2.73 bits per heavy atom. The normalized spacial score (nSPS) is 12.5. The number of methoxy groups -OCH3 is 1. The van der Waals surface area contributed by atoms with Crippen molar-refractivity contribution in [1.82, 2.24) is 0 Å². The second-order valence-corrected chi connectivity index (χ2v) is 3.93. The van der Waals surface area contributed by atoms with Crippen LogP contribution in [0.1, 0.15) is 18.0 Å². The molecule has 0 saturated carbocycles. The molecule has 1 unspecified atom stereocenters. The predicted octanol–water partition coefficient (Wildman–Crippen LogP) is 1.55. The van der Waals surface area contributed by atoms with E-state index in [0.717, 1.165) is 5.56 Å². The first-order valence-corrected chi connectivity index (χ1v) is 5.33. The molecule has 1 aromatic carbocycles. The molecule has 0 radical (unpaired) electrons. The molecule has 1 atom stereocenters. The van der Waals surface area contributed by atoms with Crippen LogP contribution in [0.5, 0.6) is 11.5 Å². The third-order valence-electron chi connectivity index (χ3n) is 2.17. The highest BCUT2D eigenvalue weighted by atomic mass is 79.9. The van der Waals surface area contributed by atoms with E-state index < -0.39 is 0 Å². The fourth-order valence-corrected chi connectivity index (χ4v) is 1.93. The lowest BCUT2D eigenvalue weighted by molar-refractivity contribution is 0.276. The van der Waals surface area contributed by atoms with Crippen molar-refractivity contribution in [3.63, 3.8) is 0 Å². The fraction of sp³-hybridized carbons (Fsp3) is 0.400. The van der Waals surface area contributed by atoms with E-state index in [-0.39, 0.29) is 18.4 Å². The summed E-state index contributed by atoms with van der Waals surface area (Å²) in [6.07, 6.45) is 0.449. The average Bonchev–Trinajstić information content (AvgIpc) is 2.22. The van der Waals surface area contributed by atoms with Gasteiger partial charge in [0.15, 0.2) is 11.5 Å². The first kappa shape index (κ1) is 12.3. The SMILES string of the molecule is COc1ccc(C(N)CCO)c(Br)c1O. The van der Waals surface area contributed by atoms with Gasteiger partial charge in [-0.05, 0) is 34.0 Å². The molecule has 0 spiro atoms. The molecule has 0 aliphatic heterocycles. The summed E-state index contributed by atoms with van der Waals surface area (Å²) in [6.45, 7) is 0.0143. The topological polar surface area (TPSA) is 75.7 Å². The summed E-state index contributed by atoms with van der Waals surface area (Å²) in [5.41, 5.74) is 6.58. The van der Waals surface area contributed by atoms with Crippen molar-refractivity contribution in [3.05, 3.63) is 22.2 Å². The molecule has 4 nitrogen and oxygen atoms in total. The standard InChI is InChI=1S/C10H14BrNO3/c1-15-8-3-2-6(7(12)4-5-13)9(11)10(8)14/h2-3,7,13-14H,4-5,12H2,1H3. The average molecular weight is 276 g/mol. The molecule has 0 bridgehead atoms. The van der Waals surface area contributed by atoms with Crippen molar-refractivity contribution in [2.75, 3.05) is 13.7 Å². The molecule has 0 aromatic heterocycles. The van der Waals surface area contributed by atoms with E-state index in [1.807, 2.05) is 0 Å². The second kappa shape index (κ2) is 5.34. The van der Waals surface area contributed by atoms with Gasteiger partial charge in [0.1, 0.15) is 0 Å². The third-order valence-corrected chi connectivity index (χ3v) is 3.00. The van der Waals surface area contributed by atoms with Crippen molar-refractivity contribution in [2.45, 2.75) is 12.5 Å². The van der Waals surface area contributed by atoms with E-state index in [1.165, 1.54) is 7.11 Å². The summed E-state index contributed by atoms with van der Waals surface area (Å²) in [7, 11) is 1.48.